The molecule has 0 bridgehead atoms. The number of hydrogen-bond donors (Lipinski definition) is 6. The fourth-order valence-electron chi connectivity index (χ4n) is 5.91. The maximum absolute atomic E-state index is 13.2. The van der Waals surface area contributed by atoms with Gasteiger partial charge in [-0.15, -0.1) is 0 Å². The van der Waals surface area contributed by atoms with Crippen LogP contribution >= 0.6 is 0 Å². The molecular formula is C22H25N9O5. The summed E-state index contributed by atoms with van der Waals surface area (Å²) < 4.78 is 0. The van der Waals surface area contributed by atoms with Crippen molar-refractivity contribution in [3.63, 3.8) is 0 Å². The zero-order chi connectivity index (χ0) is 25.4. The minimum Gasteiger partial charge on any atom is -0.386 e. The number of amides is 4. The van der Waals surface area contributed by atoms with E-state index in [9.17, 15) is 24.3 Å². The van der Waals surface area contributed by atoms with Crippen molar-refractivity contribution in [3.8, 4) is 0 Å². The lowest BCUT2D eigenvalue weighted by molar-refractivity contribution is -0.139. The Morgan fingerprint density at radius 1 is 1.19 bits per heavy atom. The molecule has 2 fully saturated rings. The first kappa shape index (κ1) is 22.3. The van der Waals surface area contributed by atoms with Gasteiger partial charge >= 0.3 is 0 Å². The number of aliphatic hydroxyl groups is 1. The third-order valence-corrected chi connectivity index (χ3v) is 7.53. The summed E-state index contributed by atoms with van der Waals surface area (Å²) in [4.78, 5) is 61.2. The first-order valence-corrected chi connectivity index (χ1v) is 11.6. The molecular weight excluding hydrogens is 470 g/mol. The molecule has 1 aromatic carbocycles. The van der Waals surface area contributed by atoms with Crippen LogP contribution in [0.15, 0.2) is 28.2 Å². The first-order chi connectivity index (χ1) is 17.2. The predicted molar refractivity (Wildman–Crippen MR) is 125 cm³/mol. The zero-order valence-electron chi connectivity index (χ0n) is 19.1. The maximum atomic E-state index is 13.2. The highest BCUT2D eigenvalue weighted by Gasteiger charge is 2.65. The largest absolute Gasteiger partial charge is 0.386 e. The van der Waals surface area contributed by atoms with Gasteiger partial charge in [0, 0.05) is 30.6 Å². The van der Waals surface area contributed by atoms with Gasteiger partial charge in [-0.05, 0) is 17.7 Å². The SMILES string of the molecule is NC1=NC2C(CN3C(=O)CCC3=O)N=C(N)N3CC(NC(=O)c4cccc5c4CC(=O)N5)[C@@H](O)[C@]23N1. The average Bonchev–Trinajstić information content (AvgIpc) is 3.55. The van der Waals surface area contributed by atoms with Crippen molar-refractivity contribution in [2.75, 3.05) is 18.4 Å². The third-order valence-electron chi connectivity index (χ3n) is 7.53. The van der Waals surface area contributed by atoms with Crippen molar-refractivity contribution < 1.29 is 24.3 Å². The van der Waals surface area contributed by atoms with Crippen molar-refractivity contribution >= 4 is 41.2 Å². The van der Waals surface area contributed by atoms with Gasteiger partial charge in [-0.3, -0.25) is 24.1 Å². The number of carbonyl (C=O) groups is 4. The molecule has 0 aliphatic carbocycles. The van der Waals surface area contributed by atoms with Crippen LogP contribution in [0.4, 0.5) is 5.69 Å². The second-order valence-corrected chi connectivity index (χ2v) is 9.55. The van der Waals surface area contributed by atoms with Crippen LogP contribution in [0.1, 0.15) is 28.8 Å². The number of carbonyl (C=O) groups excluding carboxylic acids is 4. The smallest absolute Gasteiger partial charge is 0.252 e. The average molecular weight is 496 g/mol. The Morgan fingerprint density at radius 3 is 2.69 bits per heavy atom. The fraction of sp³-hybridized carbons (Fsp3) is 0.455. The van der Waals surface area contributed by atoms with E-state index in [4.69, 9.17) is 11.5 Å². The van der Waals surface area contributed by atoms with Gasteiger partial charge < -0.3 is 37.4 Å². The van der Waals surface area contributed by atoms with Crippen LogP contribution in [-0.2, 0) is 20.8 Å². The Balaban J connectivity index is 1.28. The molecule has 1 aromatic rings. The molecule has 5 aliphatic rings. The number of fused-ring (bicyclic) bond motifs is 1. The van der Waals surface area contributed by atoms with Crippen molar-refractivity contribution in [3.05, 3.63) is 29.3 Å². The van der Waals surface area contributed by atoms with Crippen LogP contribution in [0, 0.1) is 0 Å². The van der Waals surface area contributed by atoms with Crippen LogP contribution in [0.5, 0.6) is 0 Å². The molecule has 3 unspecified atom stereocenters. The Bertz CT molecular complexity index is 1260. The van der Waals surface area contributed by atoms with Gasteiger partial charge in [0.25, 0.3) is 5.91 Å². The second-order valence-electron chi connectivity index (χ2n) is 9.55. The molecule has 5 atom stereocenters. The molecule has 0 aromatic heterocycles. The summed E-state index contributed by atoms with van der Waals surface area (Å²) in [6.07, 6.45) is -0.866. The van der Waals surface area contributed by atoms with E-state index in [1.807, 2.05) is 0 Å². The van der Waals surface area contributed by atoms with E-state index in [0.717, 1.165) is 4.90 Å². The Morgan fingerprint density at radius 2 is 1.94 bits per heavy atom. The lowest BCUT2D eigenvalue weighted by Crippen LogP contribution is -2.73. The maximum Gasteiger partial charge on any atom is 0.252 e. The normalized spacial score (nSPS) is 32.4. The van der Waals surface area contributed by atoms with Gasteiger partial charge in [0.05, 0.1) is 25.0 Å². The van der Waals surface area contributed by atoms with Crippen LogP contribution in [0.2, 0.25) is 0 Å². The van der Waals surface area contributed by atoms with Gasteiger partial charge in [0.1, 0.15) is 12.1 Å². The molecule has 14 nitrogen and oxygen atoms in total. The van der Waals surface area contributed by atoms with E-state index in [2.05, 4.69) is 25.9 Å². The van der Waals surface area contributed by atoms with Gasteiger partial charge in [-0.2, -0.15) is 0 Å². The summed E-state index contributed by atoms with van der Waals surface area (Å²) in [5, 5.41) is 20.1. The van der Waals surface area contributed by atoms with Gasteiger partial charge in [0.15, 0.2) is 17.6 Å². The minimum absolute atomic E-state index is 0.0436. The summed E-state index contributed by atoms with van der Waals surface area (Å²) in [6.45, 7) is 0.0625. The number of imide groups is 1. The number of nitrogens with two attached hydrogens (primary N) is 2. The molecule has 1 spiro atoms. The number of benzene rings is 1. The van der Waals surface area contributed by atoms with Crippen molar-refractivity contribution in [2.45, 2.75) is 49.2 Å². The number of rotatable bonds is 4. The number of anilines is 1. The van der Waals surface area contributed by atoms with Crippen molar-refractivity contribution in [1.29, 1.82) is 0 Å². The minimum atomic E-state index is -1.32. The highest BCUT2D eigenvalue weighted by atomic mass is 16.3. The number of hydrogen-bond acceptors (Lipinski definition) is 11. The molecule has 5 heterocycles. The molecule has 0 saturated carbocycles. The topological polar surface area (TPSA) is 208 Å². The van der Waals surface area contributed by atoms with Crippen LogP contribution in [0.3, 0.4) is 0 Å². The van der Waals surface area contributed by atoms with Crippen LogP contribution < -0.4 is 27.4 Å². The molecule has 8 N–H and O–H groups in total. The molecule has 188 valence electrons. The van der Waals surface area contributed by atoms with Crippen molar-refractivity contribution in [1.82, 2.24) is 20.4 Å². The van der Waals surface area contributed by atoms with Crippen molar-refractivity contribution in [2.24, 2.45) is 21.5 Å². The van der Waals surface area contributed by atoms with Crippen LogP contribution in [-0.4, -0.2) is 93.4 Å². The molecule has 4 amide bonds. The second kappa shape index (κ2) is 7.65. The van der Waals surface area contributed by atoms with Gasteiger partial charge in [0.2, 0.25) is 17.7 Å². The highest BCUT2D eigenvalue weighted by molar-refractivity contribution is 6.06. The Kier molecular flexibility index (Phi) is 4.73. The number of nitrogens with zero attached hydrogens (tertiary/aromatic N) is 4. The number of guanidine groups is 2. The summed E-state index contributed by atoms with van der Waals surface area (Å²) in [5.74, 6) is -1.12. The van der Waals surface area contributed by atoms with E-state index < -0.39 is 35.8 Å². The molecule has 14 heteroatoms. The van der Waals surface area contributed by atoms with E-state index in [0.29, 0.717) is 16.8 Å². The number of nitrogens with one attached hydrogen (secondary N) is 3. The zero-order valence-corrected chi connectivity index (χ0v) is 19.1. The summed E-state index contributed by atoms with van der Waals surface area (Å²) >= 11 is 0. The number of aliphatic hydroxyl groups excluding tert-OH is 1. The van der Waals surface area contributed by atoms with E-state index in [1.54, 1.807) is 23.1 Å². The number of aliphatic imine (C=N–C) groups is 2. The van der Waals surface area contributed by atoms with Crippen LogP contribution in [0.25, 0.3) is 0 Å². The Hall–Kier alpha value is -4.20. The first-order valence-electron chi connectivity index (χ1n) is 11.6. The quantitative estimate of drug-likeness (QED) is 0.232. The predicted octanol–water partition coefficient (Wildman–Crippen LogP) is -3.22. The molecule has 5 aliphatic heterocycles. The van der Waals surface area contributed by atoms with E-state index in [1.165, 1.54) is 0 Å². The highest BCUT2D eigenvalue weighted by Crippen LogP contribution is 2.40. The number of likely N-dealkylation sites (tertiary alicyclic amines) is 1. The summed E-state index contributed by atoms with van der Waals surface area (Å²) in [7, 11) is 0. The van der Waals surface area contributed by atoms with E-state index >= 15 is 0 Å². The molecule has 2 saturated heterocycles. The molecule has 36 heavy (non-hydrogen) atoms. The van der Waals surface area contributed by atoms with Gasteiger partial charge in [-0.25, -0.2) is 9.98 Å². The fourth-order valence-corrected chi connectivity index (χ4v) is 5.91. The lowest BCUT2D eigenvalue weighted by Gasteiger charge is -2.46. The molecule has 0 radical (unpaired) electrons. The summed E-state index contributed by atoms with van der Waals surface area (Å²) in [6, 6.07) is 2.71. The summed E-state index contributed by atoms with van der Waals surface area (Å²) in [5.41, 5.74) is 12.5. The Labute approximate surface area is 204 Å². The lowest BCUT2D eigenvalue weighted by atomic mass is 9.87. The standard InChI is InChI=1S/C22H25N9O5/c23-20-28-17-12(7-30-15(33)4-5-16(30)34)27-21(24)31-8-13(18(35)22(17,31)29-20)26-19(36)9-2-1-3-11-10(9)6-14(32)25-11/h1-3,12-13,17-18,35H,4-8H2,(H2,24,27)(H,25,32)(H,26,36)(H3,23,28,29)/t12?,13?,17?,18-,22+/m1/s1. The third kappa shape index (κ3) is 3.07. The monoisotopic (exact) mass is 495 g/mol. The van der Waals surface area contributed by atoms with Gasteiger partial charge in [-0.1, -0.05) is 6.07 Å². The van der Waals surface area contributed by atoms with E-state index in [-0.39, 0.29) is 62.0 Å². The molecule has 6 rings (SSSR count).